The number of pyridine rings is 1. The predicted molar refractivity (Wildman–Crippen MR) is 130 cm³/mol. The Morgan fingerprint density at radius 2 is 1.68 bits per heavy atom. The van der Waals surface area contributed by atoms with Crippen LogP contribution >= 0.6 is 15.9 Å². The van der Waals surface area contributed by atoms with Gasteiger partial charge in [-0.2, -0.15) is 0 Å². The third-order valence-corrected chi connectivity index (χ3v) is 7.91. The zero-order chi connectivity index (χ0) is 26.1. The number of hydrogen-bond donors (Lipinski definition) is 1. The van der Waals surface area contributed by atoms with E-state index in [0.29, 0.717) is 4.47 Å². The number of carbonyl (C=O) groups excluding carboxylic acids is 1. The first kappa shape index (κ1) is 27.7. The van der Waals surface area contributed by atoms with Crippen molar-refractivity contribution in [2.24, 2.45) is 11.1 Å². The SMILES string of the molecule is CC(C)(C)C(c1cc(F)cc(F)c1)C(OC(N)=O)c1nc(C#CC(C)(C)S(C)(=O)=O)ccc1Br. The first-order valence-electron chi connectivity index (χ1n) is 10.2. The number of nitrogens with two attached hydrogens (primary N) is 1. The van der Waals surface area contributed by atoms with E-state index >= 15 is 0 Å². The van der Waals surface area contributed by atoms with Gasteiger partial charge in [-0.25, -0.2) is 27.0 Å². The fraction of sp³-hybridized carbons (Fsp3) is 0.417. The third-order valence-electron chi connectivity index (χ3n) is 5.28. The molecule has 0 fully saturated rings. The highest BCUT2D eigenvalue weighted by Gasteiger charge is 2.39. The number of nitrogens with zero attached hydrogens (tertiary/aromatic N) is 1. The average Bonchev–Trinajstić information content (AvgIpc) is 2.63. The van der Waals surface area contributed by atoms with E-state index in [1.54, 1.807) is 12.1 Å². The maximum atomic E-state index is 14.1. The topological polar surface area (TPSA) is 99.3 Å². The van der Waals surface area contributed by atoms with E-state index in [2.05, 4.69) is 32.8 Å². The van der Waals surface area contributed by atoms with Crippen molar-refractivity contribution in [1.29, 1.82) is 0 Å². The number of aromatic nitrogens is 1. The van der Waals surface area contributed by atoms with Gasteiger partial charge in [0, 0.05) is 22.7 Å². The molecule has 2 aromatic rings. The predicted octanol–water partition coefficient (Wildman–Crippen LogP) is 5.26. The van der Waals surface area contributed by atoms with Crippen LogP contribution < -0.4 is 5.73 Å². The van der Waals surface area contributed by atoms with Crippen molar-refractivity contribution < 1.29 is 26.7 Å². The van der Waals surface area contributed by atoms with Crippen molar-refractivity contribution in [3.63, 3.8) is 0 Å². The molecule has 6 nitrogen and oxygen atoms in total. The van der Waals surface area contributed by atoms with Crippen LogP contribution in [0, 0.1) is 28.9 Å². The molecule has 0 spiro atoms. The molecule has 0 aliphatic heterocycles. The largest absolute Gasteiger partial charge is 0.439 e. The summed E-state index contributed by atoms with van der Waals surface area (Å²) in [5, 5.41) is 0. The van der Waals surface area contributed by atoms with Gasteiger partial charge in [0.25, 0.3) is 0 Å². The van der Waals surface area contributed by atoms with Crippen LogP contribution in [0.5, 0.6) is 0 Å². The van der Waals surface area contributed by atoms with Crippen LogP contribution in [0.15, 0.2) is 34.8 Å². The van der Waals surface area contributed by atoms with Crippen LogP contribution in [0.4, 0.5) is 13.6 Å². The molecule has 2 atom stereocenters. The smallest absolute Gasteiger partial charge is 0.405 e. The molecule has 1 amide bonds. The van der Waals surface area contributed by atoms with Gasteiger partial charge in [0.1, 0.15) is 22.1 Å². The van der Waals surface area contributed by atoms with Crippen LogP contribution in [-0.2, 0) is 14.6 Å². The lowest BCUT2D eigenvalue weighted by atomic mass is 9.72. The van der Waals surface area contributed by atoms with E-state index in [1.807, 2.05) is 20.8 Å². The van der Waals surface area contributed by atoms with Gasteiger partial charge in [-0.1, -0.05) is 26.7 Å². The average molecular weight is 557 g/mol. The summed E-state index contributed by atoms with van der Waals surface area (Å²) in [6.45, 7) is 8.42. The quantitative estimate of drug-likeness (QED) is 0.506. The number of sulfone groups is 1. The van der Waals surface area contributed by atoms with Crippen molar-refractivity contribution in [1.82, 2.24) is 4.98 Å². The van der Waals surface area contributed by atoms with Crippen LogP contribution in [-0.4, -0.2) is 30.5 Å². The van der Waals surface area contributed by atoms with Crippen molar-refractivity contribution in [3.8, 4) is 11.8 Å². The molecule has 1 heterocycles. The Hall–Kier alpha value is -2.51. The van der Waals surface area contributed by atoms with Crippen LogP contribution in [0.2, 0.25) is 0 Å². The van der Waals surface area contributed by atoms with Crippen molar-refractivity contribution in [3.05, 3.63) is 63.4 Å². The highest BCUT2D eigenvalue weighted by molar-refractivity contribution is 9.10. The normalized spacial score (nSPS) is 14.0. The molecule has 34 heavy (non-hydrogen) atoms. The van der Waals surface area contributed by atoms with E-state index in [4.69, 9.17) is 10.5 Å². The summed E-state index contributed by atoms with van der Waals surface area (Å²) in [6.07, 6.45) is -1.15. The highest BCUT2D eigenvalue weighted by atomic mass is 79.9. The number of carbonyl (C=O) groups is 1. The Balaban J connectivity index is 2.73. The summed E-state index contributed by atoms with van der Waals surface area (Å²) >= 11 is 3.39. The zero-order valence-corrected chi connectivity index (χ0v) is 22.1. The molecular weight excluding hydrogens is 530 g/mol. The molecule has 0 radical (unpaired) electrons. The molecule has 0 bridgehead atoms. The summed E-state index contributed by atoms with van der Waals surface area (Å²) < 4.78 is 56.7. The molecule has 2 unspecified atom stereocenters. The monoisotopic (exact) mass is 556 g/mol. The van der Waals surface area contributed by atoms with Gasteiger partial charge in [0.15, 0.2) is 15.9 Å². The van der Waals surface area contributed by atoms with Crippen molar-refractivity contribution >= 4 is 31.9 Å². The second kappa shape index (κ2) is 10.0. The summed E-state index contributed by atoms with van der Waals surface area (Å²) in [5.74, 6) is 3.13. The van der Waals surface area contributed by atoms with Gasteiger partial charge < -0.3 is 10.5 Å². The number of rotatable bonds is 5. The minimum Gasteiger partial charge on any atom is -0.439 e. The lowest BCUT2D eigenvalue weighted by Crippen LogP contribution is -2.31. The second-order valence-corrected chi connectivity index (χ2v) is 12.9. The van der Waals surface area contributed by atoms with Gasteiger partial charge in [-0.3, -0.25) is 0 Å². The number of hydrogen-bond acceptors (Lipinski definition) is 5. The summed E-state index contributed by atoms with van der Waals surface area (Å²) in [6, 6.07) is 6.27. The Morgan fingerprint density at radius 1 is 1.12 bits per heavy atom. The minimum atomic E-state index is -3.47. The van der Waals surface area contributed by atoms with Crippen LogP contribution in [0.25, 0.3) is 0 Å². The number of benzene rings is 1. The Morgan fingerprint density at radius 3 is 2.15 bits per heavy atom. The summed E-state index contributed by atoms with van der Waals surface area (Å²) in [5.41, 5.74) is 5.37. The standard InChI is InChI=1S/C24H27BrF2N2O4S/c1-23(2,3)19(14-11-15(26)13-16(27)12-14)21(33-22(28)30)20-18(25)8-7-17(29-20)9-10-24(4,5)34(6,31)32/h7-8,11-13,19,21H,1-6H3,(H2,28,30). The molecule has 0 aliphatic rings. The molecule has 0 saturated carbocycles. The van der Waals surface area contributed by atoms with E-state index in [1.165, 1.54) is 26.0 Å². The minimum absolute atomic E-state index is 0.214. The molecule has 0 aliphatic carbocycles. The molecule has 0 saturated heterocycles. The van der Waals surface area contributed by atoms with Gasteiger partial charge in [-0.05, 0) is 70.9 Å². The fourth-order valence-electron chi connectivity index (χ4n) is 3.32. The molecule has 2 rings (SSSR count). The lowest BCUT2D eigenvalue weighted by molar-refractivity contribution is 0.0546. The van der Waals surface area contributed by atoms with Crippen LogP contribution in [0.3, 0.4) is 0 Å². The Bertz CT molecular complexity index is 1240. The number of ether oxygens (including phenoxy) is 1. The second-order valence-electron chi connectivity index (χ2n) is 9.50. The highest BCUT2D eigenvalue weighted by Crippen LogP contribution is 2.47. The molecular formula is C24H27BrF2N2O4S. The third kappa shape index (κ3) is 6.76. The van der Waals surface area contributed by atoms with Crippen molar-refractivity contribution in [2.75, 3.05) is 6.26 Å². The van der Waals surface area contributed by atoms with E-state index < -0.39 is 49.7 Å². The molecule has 1 aromatic heterocycles. The van der Waals surface area contributed by atoms with Crippen LogP contribution in [0.1, 0.15) is 63.6 Å². The zero-order valence-electron chi connectivity index (χ0n) is 19.7. The molecule has 184 valence electrons. The van der Waals surface area contributed by atoms with E-state index in [-0.39, 0.29) is 17.0 Å². The first-order valence-corrected chi connectivity index (χ1v) is 12.9. The fourth-order valence-corrected chi connectivity index (χ4v) is 4.01. The van der Waals surface area contributed by atoms with E-state index in [9.17, 15) is 22.0 Å². The van der Waals surface area contributed by atoms with Gasteiger partial charge >= 0.3 is 6.09 Å². The number of halogens is 3. The summed E-state index contributed by atoms with van der Waals surface area (Å²) in [4.78, 5) is 16.3. The lowest BCUT2D eigenvalue weighted by Gasteiger charge is -2.36. The molecule has 1 aromatic carbocycles. The Labute approximate surface area is 207 Å². The maximum absolute atomic E-state index is 14.1. The summed E-state index contributed by atoms with van der Waals surface area (Å²) in [7, 11) is -3.47. The van der Waals surface area contributed by atoms with Gasteiger partial charge in [0.2, 0.25) is 0 Å². The number of primary amides is 1. The molecule has 10 heteroatoms. The maximum Gasteiger partial charge on any atom is 0.405 e. The first-order chi connectivity index (χ1) is 15.4. The number of amides is 1. The Kier molecular flexibility index (Phi) is 8.16. The van der Waals surface area contributed by atoms with Gasteiger partial charge in [-0.15, -0.1) is 0 Å². The van der Waals surface area contributed by atoms with Crippen molar-refractivity contribution in [2.45, 2.75) is 51.4 Å². The van der Waals surface area contributed by atoms with Gasteiger partial charge in [0.05, 0.1) is 5.69 Å². The van der Waals surface area contributed by atoms with E-state index in [0.717, 1.165) is 12.3 Å². The molecule has 2 N–H and O–H groups in total.